The van der Waals surface area contributed by atoms with Gasteiger partial charge >= 0.3 is 0 Å². The van der Waals surface area contributed by atoms with E-state index in [1.54, 1.807) is 4.90 Å². The molecule has 0 unspecified atom stereocenters. The van der Waals surface area contributed by atoms with Crippen molar-refractivity contribution in [3.63, 3.8) is 0 Å². The Kier molecular flexibility index (Phi) is 5.26. The number of imidazole rings is 1. The molecular formula is C27H32N4O2. The van der Waals surface area contributed by atoms with E-state index in [0.717, 1.165) is 29.4 Å². The zero-order chi connectivity index (χ0) is 23.3. The second kappa shape index (κ2) is 8.01. The summed E-state index contributed by atoms with van der Waals surface area (Å²) >= 11 is 0. The molecule has 1 aromatic heterocycles. The fraction of sp³-hybridized carbons (Fsp3) is 0.444. The molecule has 6 heteroatoms. The molecule has 33 heavy (non-hydrogen) atoms. The van der Waals surface area contributed by atoms with Crippen molar-refractivity contribution >= 4 is 28.5 Å². The molecule has 0 saturated heterocycles. The predicted octanol–water partition coefficient (Wildman–Crippen LogP) is 4.70. The van der Waals surface area contributed by atoms with Crippen LogP contribution in [0.4, 0.5) is 5.69 Å². The molecule has 5 rings (SSSR count). The summed E-state index contributed by atoms with van der Waals surface area (Å²) in [5.41, 5.74) is 2.38. The number of para-hydroxylation sites is 2. The van der Waals surface area contributed by atoms with Gasteiger partial charge in [0.15, 0.2) is 0 Å². The molecule has 2 heterocycles. The van der Waals surface area contributed by atoms with Crippen LogP contribution >= 0.6 is 0 Å². The second-order valence-corrected chi connectivity index (χ2v) is 10.1. The van der Waals surface area contributed by atoms with Gasteiger partial charge in [-0.2, -0.15) is 0 Å². The number of aromatic nitrogens is 2. The van der Waals surface area contributed by atoms with Crippen LogP contribution in [0.2, 0.25) is 0 Å². The molecule has 2 amide bonds. The third-order valence-corrected chi connectivity index (χ3v) is 7.81. The van der Waals surface area contributed by atoms with E-state index in [4.69, 9.17) is 0 Å². The Labute approximate surface area is 195 Å². The summed E-state index contributed by atoms with van der Waals surface area (Å²) in [4.78, 5) is 34.1. The lowest BCUT2D eigenvalue weighted by Crippen LogP contribution is -2.66. The van der Waals surface area contributed by atoms with Crippen LogP contribution in [0.1, 0.15) is 56.2 Å². The van der Waals surface area contributed by atoms with Crippen molar-refractivity contribution < 1.29 is 9.59 Å². The first-order valence-corrected chi connectivity index (χ1v) is 12.0. The first kappa shape index (κ1) is 21.7. The number of hydrogen-bond acceptors (Lipinski definition) is 3. The minimum Gasteiger partial charge on any atom is -0.351 e. The van der Waals surface area contributed by atoms with Crippen molar-refractivity contribution in [3.05, 3.63) is 59.9 Å². The topological polar surface area (TPSA) is 67.2 Å². The Morgan fingerprint density at radius 2 is 1.82 bits per heavy atom. The van der Waals surface area contributed by atoms with Crippen LogP contribution < -0.4 is 10.2 Å². The number of hydrogen-bond donors (Lipinski definition) is 1. The summed E-state index contributed by atoms with van der Waals surface area (Å²) in [5.74, 6) is 1.00. The first-order chi connectivity index (χ1) is 15.8. The predicted molar refractivity (Wildman–Crippen MR) is 130 cm³/mol. The normalized spacial score (nSPS) is 27.5. The third kappa shape index (κ3) is 3.52. The molecule has 1 N–H and O–H groups in total. The van der Waals surface area contributed by atoms with Gasteiger partial charge in [0.1, 0.15) is 5.54 Å². The number of aryl methyl sites for hydroxylation is 1. The number of carbonyl (C=O) groups is 2. The fourth-order valence-corrected chi connectivity index (χ4v) is 5.48. The number of anilines is 1. The molecule has 2 aliphatic rings. The van der Waals surface area contributed by atoms with Gasteiger partial charge in [0, 0.05) is 11.7 Å². The molecule has 0 spiro atoms. The Morgan fingerprint density at radius 3 is 2.58 bits per heavy atom. The van der Waals surface area contributed by atoms with E-state index in [2.05, 4.69) is 24.1 Å². The molecule has 0 radical (unpaired) electrons. The zero-order valence-corrected chi connectivity index (χ0v) is 19.8. The monoisotopic (exact) mass is 444 g/mol. The SMILES string of the molecule is Cc1ccc(N2C(=O)c3nc4ccccc4n3C[C@]2(C)C(=O)N[C@@H]2CCC[C@@H](C)[C@H]2C)cc1. The summed E-state index contributed by atoms with van der Waals surface area (Å²) in [6, 6.07) is 15.6. The van der Waals surface area contributed by atoms with Crippen LogP contribution in [0.5, 0.6) is 0 Å². The lowest BCUT2D eigenvalue weighted by Gasteiger charge is -2.45. The van der Waals surface area contributed by atoms with E-state index in [0.29, 0.717) is 29.9 Å². The summed E-state index contributed by atoms with van der Waals surface area (Å²) in [6.07, 6.45) is 3.29. The number of fused-ring (bicyclic) bond motifs is 3. The first-order valence-electron chi connectivity index (χ1n) is 12.0. The third-order valence-electron chi connectivity index (χ3n) is 7.81. The van der Waals surface area contributed by atoms with Crippen LogP contribution in [0.15, 0.2) is 48.5 Å². The van der Waals surface area contributed by atoms with Gasteiger partial charge in [-0.05, 0) is 56.4 Å². The van der Waals surface area contributed by atoms with Crippen molar-refractivity contribution in [1.29, 1.82) is 0 Å². The van der Waals surface area contributed by atoms with E-state index < -0.39 is 5.54 Å². The van der Waals surface area contributed by atoms with Gasteiger partial charge < -0.3 is 9.88 Å². The van der Waals surface area contributed by atoms with Gasteiger partial charge in [-0.25, -0.2) is 4.98 Å². The molecule has 4 atom stereocenters. The van der Waals surface area contributed by atoms with Gasteiger partial charge in [0.2, 0.25) is 11.7 Å². The van der Waals surface area contributed by atoms with E-state index >= 15 is 0 Å². The highest BCUT2D eigenvalue weighted by molar-refractivity contribution is 6.12. The summed E-state index contributed by atoms with van der Waals surface area (Å²) < 4.78 is 1.91. The van der Waals surface area contributed by atoms with Crippen LogP contribution in [0.3, 0.4) is 0 Å². The number of rotatable bonds is 3. The molecular weight excluding hydrogens is 412 g/mol. The van der Waals surface area contributed by atoms with Crippen LogP contribution in [0.25, 0.3) is 11.0 Å². The maximum atomic E-state index is 14.0. The van der Waals surface area contributed by atoms with E-state index in [1.807, 2.05) is 66.9 Å². The molecule has 1 saturated carbocycles. The molecule has 172 valence electrons. The Bertz CT molecular complexity index is 1210. The Balaban J connectivity index is 1.59. The van der Waals surface area contributed by atoms with Gasteiger partial charge in [-0.15, -0.1) is 0 Å². The summed E-state index contributed by atoms with van der Waals surface area (Å²) in [5, 5.41) is 3.35. The Morgan fingerprint density at radius 1 is 1.09 bits per heavy atom. The van der Waals surface area contributed by atoms with E-state index in [-0.39, 0.29) is 17.9 Å². The zero-order valence-electron chi connectivity index (χ0n) is 19.8. The molecule has 6 nitrogen and oxygen atoms in total. The largest absolute Gasteiger partial charge is 0.351 e. The minimum absolute atomic E-state index is 0.106. The van der Waals surface area contributed by atoms with Crippen molar-refractivity contribution in [2.24, 2.45) is 11.8 Å². The number of nitrogens with one attached hydrogen (secondary N) is 1. The highest BCUT2D eigenvalue weighted by Gasteiger charge is 2.50. The van der Waals surface area contributed by atoms with Crippen LogP contribution in [0, 0.1) is 18.8 Å². The van der Waals surface area contributed by atoms with E-state index in [9.17, 15) is 9.59 Å². The second-order valence-electron chi connectivity index (χ2n) is 10.1. The number of amides is 2. The van der Waals surface area contributed by atoms with Gasteiger partial charge in [0.25, 0.3) is 5.91 Å². The van der Waals surface area contributed by atoms with Crippen molar-refractivity contribution in [2.75, 3.05) is 4.90 Å². The molecule has 1 aliphatic heterocycles. The fourth-order valence-electron chi connectivity index (χ4n) is 5.48. The average Bonchev–Trinajstić information content (AvgIpc) is 3.17. The molecule has 2 aromatic carbocycles. The maximum absolute atomic E-state index is 14.0. The smallest absolute Gasteiger partial charge is 0.295 e. The van der Waals surface area contributed by atoms with Crippen molar-refractivity contribution in [3.8, 4) is 0 Å². The highest BCUT2D eigenvalue weighted by Crippen LogP contribution is 2.36. The molecule has 1 fully saturated rings. The quantitative estimate of drug-likeness (QED) is 0.636. The van der Waals surface area contributed by atoms with Crippen LogP contribution in [-0.2, 0) is 11.3 Å². The number of nitrogens with zero attached hydrogens (tertiary/aromatic N) is 3. The molecule has 1 aliphatic carbocycles. The average molecular weight is 445 g/mol. The van der Waals surface area contributed by atoms with Gasteiger partial charge in [0.05, 0.1) is 17.6 Å². The summed E-state index contributed by atoms with van der Waals surface area (Å²) in [6.45, 7) is 8.73. The minimum atomic E-state index is -1.08. The maximum Gasteiger partial charge on any atom is 0.295 e. The van der Waals surface area contributed by atoms with Gasteiger partial charge in [-0.3, -0.25) is 14.5 Å². The van der Waals surface area contributed by atoms with Crippen molar-refractivity contribution in [2.45, 2.75) is 65.1 Å². The summed E-state index contributed by atoms with van der Waals surface area (Å²) in [7, 11) is 0. The molecule has 3 aromatic rings. The number of carbonyl (C=O) groups excluding carboxylic acids is 2. The Hall–Kier alpha value is -3.15. The van der Waals surface area contributed by atoms with Crippen molar-refractivity contribution in [1.82, 2.24) is 14.9 Å². The standard InChI is InChI=1S/C27H32N4O2/c1-17-12-14-20(15-13-17)31-25(32)24-28-22-9-5-6-11-23(22)30(24)16-27(31,4)26(33)29-21-10-7-8-18(2)19(21)3/h5-6,9,11-15,18-19,21H,7-8,10,16H2,1-4H3,(H,29,33)/t18-,19-,21-,27-/m1/s1. The van der Waals surface area contributed by atoms with Gasteiger partial charge in [-0.1, -0.05) is 56.5 Å². The van der Waals surface area contributed by atoms with E-state index in [1.165, 1.54) is 6.42 Å². The molecule has 0 bridgehead atoms. The highest BCUT2D eigenvalue weighted by atomic mass is 16.2. The number of benzene rings is 2. The lowest BCUT2D eigenvalue weighted by molar-refractivity contribution is -0.128. The lowest BCUT2D eigenvalue weighted by atomic mass is 9.77. The van der Waals surface area contributed by atoms with Crippen LogP contribution in [-0.4, -0.2) is 32.9 Å².